The fourth-order valence-corrected chi connectivity index (χ4v) is 1.54. The highest BCUT2D eigenvalue weighted by atomic mass is 16.5. The number of esters is 1. The molecule has 0 amide bonds. The van der Waals surface area contributed by atoms with Crippen LogP contribution in [0.4, 0.5) is 0 Å². The molecular weight excluding hydrogens is 226 g/mol. The van der Waals surface area contributed by atoms with E-state index >= 15 is 0 Å². The highest BCUT2D eigenvalue weighted by Gasteiger charge is 2.08. The molecule has 0 saturated carbocycles. The molecule has 0 aromatic heterocycles. The lowest BCUT2D eigenvalue weighted by Gasteiger charge is -2.09. The summed E-state index contributed by atoms with van der Waals surface area (Å²) in [5, 5.41) is 0. The lowest BCUT2D eigenvalue weighted by molar-refractivity contribution is 0.0424. The molecule has 1 aromatic rings. The minimum absolute atomic E-state index is 0.199. The van der Waals surface area contributed by atoms with Crippen LogP contribution in [0.15, 0.2) is 42.5 Å². The van der Waals surface area contributed by atoms with E-state index in [0.717, 1.165) is 25.8 Å². The predicted octanol–water partition coefficient (Wildman–Crippen LogP) is 2.92. The van der Waals surface area contributed by atoms with Crippen molar-refractivity contribution in [2.45, 2.75) is 32.3 Å². The van der Waals surface area contributed by atoms with Crippen molar-refractivity contribution >= 4 is 5.97 Å². The number of carbonyl (C=O) groups excluding carboxylic acids is 1. The first-order valence-electron chi connectivity index (χ1n) is 6.37. The zero-order valence-electron chi connectivity index (χ0n) is 10.8. The van der Waals surface area contributed by atoms with Gasteiger partial charge in [-0.1, -0.05) is 24.3 Å². The molecule has 98 valence electrons. The summed E-state index contributed by atoms with van der Waals surface area (Å²) in [6.45, 7) is 2.59. The number of unbranched alkanes of at least 4 members (excludes halogenated alkanes) is 2. The van der Waals surface area contributed by atoms with Crippen molar-refractivity contribution < 1.29 is 9.53 Å². The molecule has 0 spiro atoms. The summed E-state index contributed by atoms with van der Waals surface area (Å²) in [5.74, 6) is -0.283. The Morgan fingerprint density at radius 3 is 2.72 bits per heavy atom. The molecule has 0 bridgehead atoms. The van der Waals surface area contributed by atoms with E-state index in [1.165, 1.54) is 0 Å². The third-order valence-corrected chi connectivity index (χ3v) is 2.53. The normalized spacial score (nSPS) is 12.6. The second-order valence-electron chi connectivity index (χ2n) is 4.19. The summed E-state index contributed by atoms with van der Waals surface area (Å²) >= 11 is 0. The van der Waals surface area contributed by atoms with Crippen LogP contribution in [0.3, 0.4) is 0 Å². The van der Waals surface area contributed by atoms with E-state index in [0.29, 0.717) is 5.56 Å². The lowest BCUT2D eigenvalue weighted by atomic mass is 10.2. The highest BCUT2D eigenvalue weighted by Crippen LogP contribution is 2.05. The molecular formula is C15H21NO2. The number of hydrogen-bond donors (Lipinski definition) is 1. The average molecular weight is 247 g/mol. The fraction of sp³-hybridized carbons (Fsp3) is 0.400. The highest BCUT2D eigenvalue weighted by molar-refractivity contribution is 5.89. The Bertz CT molecular complexity index is 373. The van der Waals surface area contributed by atoms with Gasteiger partial charge < -0.3 is 10.5 Å². The quantitative estimate of drug-likeness (QED) is 0.458. The maximum absolute atomic E-state index is 11.7. The van der Waals surface area contributed by atoms with Crippen molar-refractivity contribution in [3.63, 3.8) is 0 Å². The van der Waals surface area contributed by atoms with E-state index in [1.54, 1.807) is 12.1 Å². The van der Waals surface area contributed by atoms with Crippen LogP contribution in [-0.2, 0) is 4.74 Å². The number of carbonyl (C=O) groups is 1. The number of nitrogens with two attached hydrogens (primary N) is 1. The maximum Gasteiger partial charge on any atom is 0.338 e. The predicted molar refractivity (Wildman–Crippen MR) is 73.4 cm³/mol. The van der Waals surface area contributed by atoms with E-state index in [1.807, 2.05) is 37.3 Å². The van der Waals surface area contributed by atoms with Crippen LogP contribution in [0.1, 0.15) is 36.5 Å². The molecule has 0 saturated heterocycles. The van der Waals surface area contributed by atoms with Crippen molar-refractivity contribution in [1.29, 1.82) is 0 Å². The van der Waals surface area contributed by atoms with Crippen LogP contribution in [-0.4, -0.2) is 18.6 Å². The van der Waals surface area contributed by atoms with Gasteiger partial charge >= 0.3 is 5.97 Å². The van der Waals surface area contributed by atoms with Crippen LogP contribution in [0, 0.1) is 0 Å². The zero-order chi connectivity index (χ0) is 13.2. The van der Waals surface area contributed by atoms with Gasteiger partial charge in [0.1, 0.15) is 6.10 Å². The van der Waals surface area contributed by atoms with Gasteiger partial charge in [-0.05, 0) is 50.9 Å². The Morgan fingerprint density at radius 2 is 2.06 bits per heavy atom. The average Bonchev–Trinajstić information content (AvgIpc) is 2.39. The smallest absolute Gasteiger partial charge is 0.338 e. The zero-order valence-corrected chi connectivity index (χ0v) is 10.8. The van der Waals surface area contributed by atoms with Crippen molar-refractivity contribution in [3.8, 4) is 0 Å². The first-order chi connectivity index (χ1) is 8.74. The summed E-state index contributed by atoms with van der Waals surface area (Å²) in [5.41, 5.74) is 5.99. The van der Waals surface area contributed by atoms with Gasteiger partial charge in [0.15, 0.2) is 0 Å². The number of rotatable bonds is 7. The molecule has 0 radical (unpaired) electrons. The molecule has 1 aromatic carbocycles. The molecule has 2 N–H and O–H groups in total. The lowest BCUT2D eigenvalue weighted by Crippen LogP contribution is -2.12. The molecule has 1 rings (SSSR count). The Kier molecular flexibility index (Phi) is 6.81. The molecule has 1 atom stereocenters. The summed E-state index contributed by atoms with van der Waals surface area (Å²) in [4.78, 5) is 11.7. The van der Waals surface area contributed by atoms with Crippen LogP contribution in [0.5, 0.6) is 0 Å². The maximum atomic E-state index is 11.7. The molecule has 0 fully saturated rings. The molecule has 1 unspecified atom stereocenters. The van der Waals surface area contributed by atoms with Gasteiger partial charge in [-0.25, -0.2) is 4.79 Å². The van der Waals surface area contributed by atoms with Crippen LogP contribution in [0.25, 0.3) is 0 Å². The van der Waals surface area contributed by atoms with Crippen molar-refractivity contribution in [1.82, 2.24) is 0 Å². The van der Waals surface area contributed by atoms with Crippen LogP contribution < -0.4 is 5.73 Å². The number of hydrogen-bond acceptors (Lipinski definition) is 3. The van der Waals surface area contributed by atoms with Gasteiger partial charge in [0.2, 0.25) is 0 Å². The SMILES string of the molecule is CC(/C=C/CCCCN)OC(=O)c1ccccc1. The Hall–Kier alpha value is -1.61. The first kappa shape index (κ1) is 14.5. The second-order valence-corrected chi connectivity index (χ2v) is 4.19. The molecule has 18 heavy (non-hydrogen) atoms. The largest absolute Gasteiger partial charge is 0.455 e. The minimum atomic E-state index is -0.283. The van der Waals surface area contributed by atoms with Gasteiger partial charge in [-0.15, -0.1) is 0 Å². The van der Waals surface area contributed by atoms with Crippen molar-refractivity contribution in [2.24, 2.45) is 5.73 Å². The first-order valence-corrected chi connectivity index (χ1v) is 6.37. The fourth-order valence-electron chi connectivity index (χ4n) is 1.54. The number of allylic oxidation sites excluding steroid dienone is 1. The van der Waals surface area contributed by atoms with Crippen molar-refractivity contribution in [3.05, 3.63) is 48.0 Å². The van der Waals surface area contributed by atoms with Crippen LogP contribution >= 0.6 is 0 Å². The molecule has 0 aliphatic rings. The minimum Gasteiger partial charge on any atom is -0.455 e. The second kappa shape index (κ2) is 8.48. The van der Waals surface area contributed by atoms with Gasteiger partial charge in [0, 0.05) is 0 Å². The van der Waals surface area contributed by atoms with E-state index in [4.69, 9.17) is 10.5 Å². The number of ether oxygens (including phenoxy) is 1. The number of benzene rings is 1. The third kappa shape index (κ3) is 5.64. The topological polar surface area (TPSA) is 52.3 Å². The van der Waals surface area contributed by atoms with Crippen LogP contribution in [0.2, 0.25) is 0 Å². The molecule has 0 aliphatic heterocycles. The summed E-state index contributed by atoms with van der Waals surface area (Å²) in [6.07, 6.45) is 6.84. The van der Waals surface area contributed by atoms with E-state index < -0.39 is 0 Å². The van der Waals surface area contributed by atoms with E-state index in [2.05, 4.69) is 0 Å². The molecule has 3 nitrogen and oxygen atoms in total. The summed E-state index contributed by atoms with van der Waals surface area (Å²) < 4.78 is 5.29. The molecule has 3 heteroatoms. The monoisotopic (exact) mass is 247 g/mol. The Labute approximate surface area is 109 Å². The van der Waals surface area contributed by atoms with E-state index in [-0.39, 0.29) is 12.1 Å². The van der Waals surface area contributed by atoms with Gasteiger partial charge in [-0.2, -0.15) is 0 Å². The van der Waals surface area contributed by atoms with Gasteiger partial charge in [0.25, 0.3) is 0 Å². The van der Waals surface area contributed by atoms with E-state index in [9.17, 15) is 4.79 Å². The van der Waals surface area contributed by atoms with Gasteiger partial charge in [0.05, 0.1) is 5.56 Å². The van der Waals surface area contributed by atoms with Crippen molar-refractivity contribution in [2.75, 3.05) is 6.54 Å². The Morgan fingerprint density at radius 1 is 1.33 bits per heavy atom. The summed E-state index contributed by atoms with van der Waals surface area (Å²) in [7, 11) is 0. The Balaban J connectivity index is 2.31. The summed E-state index contributed by atoms with van der Waals surface area (Å²) in [6, 6.07) is 9.02. The third-order valence-electron chi connectivity index (χ3n) is 2.53. The van der Waals surface area contributed by atoms with Gasteiger partial charge in [-0.3, -0.25) is 0 Å². The molecule has 0 aliphatic carbocycles. The molecule has 0 heterocycles. The standard InChI is InChI=1S/C15H21NO2/c1-13(9-5-2-3-8-12-16)18-15(17)14-10-6-4-7-11-14/h4-7,9-11,13H,2-3,8,12,16H2,1H3/b9-5+.